The van der Waals surface area contributed by atoms with Gasteiger partial charge < -0.3 is 18.9 Å². The van der Waals surface area contributed by atoms with Crippen LogP contribution in [0.15, 0.2) is 66.8 Å². The van der Waals surface area contributed by atoms with E-state index in [1.807, 2.05) is 18.2 Å². The van der Waals surface area contributed by atoms with Gasteiger partial charge in [0.1, 0.15) is 18.2 Å². The molecule has 0 amide bonds. The maximum Gasteiger partial charge on any atom is 0.333 e. The van der Waals surface area contributed by atoms with Gasteiger partial charge in [-0.2, -0.15) is 25.3 Å². The second kappa shape index (κ2) is 23.7. The van der Waals surface area contributed by atoms with Crippen LogP contribution in [-0.2, 0) is 41.4 Å². The molecular weight excluding hydrogens is 748 g/mol. The molecule has 0 saturated heterocycles. The van der Waals surface area contributed by atoms with E-state index in [4.69, 9.17) is 18.9 Å². The van der Waals surface area contributed by atoms with Gasteiger partial charge in [0.2, 0.25) is 0 Å². The molecule has 0 bridgehead atoms. The van der Waals surface area contributed by atoms with Crippen molar-refractivity contribution in [3.63, 3.8) is 0 Å². The van der Waals surface area contributed by atoms with Crippen LogP contribution in [0.1, 0.15) is 115 Å². The Morgan fingerprint density at radius 1 is 0.750 bits per heavy atom. The Hall–Kier alpha value is -3.50. The third kappa shape index (κ3) is 14.5. The molecule has 1 aliphatic carbocycles. The fourth-order valence-corrected chi connectivity index (χ4v) is 7.66. The number of carbonyl (C=O) groups excluding carboxylic acids is 3. The van der Waals surface area contributed by atoms with Crippen LogP contribution < -0.4 is 4.74 Å². The molecule has 0 radical (unpaired) electrons. The quantitative estimate of drug-likeness (QED) is 0.0359. The molecule has 0 atom stereocenters. The molecule has 1 fully saturated rings. The Kier molecular flexibility index (Phi) is 19.8. The lowest BCUT2D eigenvalue weighted by atomic mass is 9.77. The summed E-state index contributed by atoms with van der Waals surface area (Å²) < 4.78 is 39.3. The van der Waals surface area contributed by atoms with Crippen LogP contribution in [-0.4, -0.2) is 55.8 Å². The van der Waals surface area contributed by atoms with E-state index in [0.717, 1.165) is 35.4 Å². The highest BCUT2D eigenvalue weighted by molar-refractivity contribution is 7.81. The number of unbranched alkanes of at least 4 members (excludes halogenated alkanes) is 2. The molecule has 1 saturated carbocycles. The average Bonchev–Trinajstić information content (AvgIpc) is 3.18. The van der Waals surface area contributed by atoms with Crippen molar-refractivity contribution in [3.8, 4) is 16.9 Å². The second-order valence-corrected chi connectivity index (χ2v) is 16.2. The van der Waals surface area contributed by atoms with Crippen molar-refractivity contribution < 1.29 is 37.7 Å². The van der Waals surface area contributed by atoms with Crippen LogP contribution in [0.4, 0.5) is 4.39 Å². The topological polar surface area (TPSA) is 88.1 Å². The van der Waals surface area contributed by atoms with Gasteiger partial charge >= 0.3 is 17.9 Å². The number of halogens is 1. The standard InChI is InChI=1S/C46H63FO7S2/c1-8-9-10-13-34-16-18-35(19-17-34)36-20-21-40(41(47)26-36)39-24-37(14-11-22-51-43(48)31(2)3)42(38(25-39)15-12-23-52-44(49)32(4)5)53-27-46(29-55,30-56)28-54-45(50)33(6)7/h20-21,24-26,34-35,55-56H,2,4,6,8-19,22-23,27-30H2,1,3,5,7H3. The van der Waals surface area contributed by atoms with Gasteiger partial charge in [-0.1, -0.05) is 64.5 Å². The van der Waals surface area contributed by atoms with E-state index >= 15 is 4.39 Å². The summed E-state index contributed by atoms with van der Waals surface area (Å²) in [4.78, 5) is 36.6. The molecule has 7 nitrogen and oxygen atoms in total. The zero-order valence-corrected chi connectivity index (χ0v) is 35.8. The normalized spacial score (nSPS) is 15.5. The number of hydrogen-bond acceptors (Lipinski definition) is 9. The molecule has 56 heavy (non-hydrogen) atoms. The number of ether oxygens (including phenoxy) is 4. The first-order chi connectivity index (χ1) is 26.7. The number of aryl methyl sites for hydroxylation is 2. The SMILES string of the molecule is C=C(C)C(=O)OCCCc1cc(-c2ccc(C3CCC(CCCCC)CC3)cc2F)cc(CCCOC(=O)C(=C)C)c1OCC(CS)(CS)COC(=O)C(=C)C. The van der Waals surface area contributed by atoms with Crippen molar-refractivity contribution >= 4 is 43.2 Å². The van der Waals surface area contributed by atoms with Crippen molar-refractivity contribution in [2.75, 3.05) is 37.9 Å². The maximum absolute atomic E-state index is 16.3. The van der Waals surface area contributed by atoms with Crippen molar-refractivity contribution in [2.45, 2.75) is 111 Å². The fraction of sp³-hybridized carbons (Fsp3) is 0.543. The summed E-state index contributed by atoms with van der Waals surface area (Å²) in [6.45, 7) is 18.4. The zero-order valence-electron chi connectivity index (χ0n) is 34.0. The van der Waals surface area contributed by atoms with E-state index in [9.17, 15) is 14.4 Å². The van der Waals surface area contributed by atoms with Crippen LogP contribution in [0, 0.1) is 17.2 Å². The van der Waals surface area contributed by atoms with Gasteiger partial charge in [-0.05, 0) is 124 Å². The van der Waals surface area contributed by atoms with E-state index in [2.05, 4.69) is 58.0 Å². The first-order valence-electron chi connectivity index (χ1n) is 20.0. The molecule has 2 aromatic carbocycles. The number of carbonyl (C=O) groups is 3. The smallest absolute Gasteiger partial charge is 0.333 e. The van der Waals surface area contributed by atoms with Gasteiger partial charge in [0, 0.05) is 33.8 Å². The maximum atomic E-state index is 16.3. The molecule has 0 aliphatic heterocycles. The lowest BCUT2D eigenvalue weighted by Crippen LogP contribution is -2.38. The largest absolute Gasteiger partial charge is 0.492 e. The molecule has 10 heteroatoms. The predicted molar refractivity (Wildman–Crippen MR) is 230 cm³/mol. The number of esters is 3. The Labute approximate surface area is 345 Å². The summed E-state index contributed by atoms with van der Waals surface area (Å²) in [7, 11) is 0. The fourth-order valence-electron chi connectivity index (χ4n) is 6.90. The van der Waals surface area contributed by atoms with Gasteiger partial charge in [0.15, 0.2) is 0 Å². The van der Waals surface area contributed by atoms with Crippen molar-refractivity contribution in [2.24, 2.45) is 11.3 Å². The molecule has 1 aliphatic rings. The van der Waals surface area contributed by atoms with Crippen LogP contribution in [0.25, 0.3) is 11.1 Å². The van der Waals surface area contributed by atoms with E-state index < -0.39 is 23.3 Å². The molecule has 0 aromatic heterocycles. The highest BCUT2D eigenvalue weighted by atomic mass is 32.1. The summed E-state index contributed by atoms with van der Waals surface area (Å²) >= 11 is 9.18. The molecule has 3 rings (SSSR count). The lowest BCUT2D eigenvalue weighted by Gasteiger charge is -2.31. The summed E-state index contributed by atoms with van der Waals surface area (Å²) in [5.41, 5.74) is 3.95. The van der Waals surface area contributed by atoms with Gasteiger partial charge in [-0.25, -0.2) is 18.8 Å². The minimum atomic E-state index is -0.741. The summed E-state index contributed by atoms with van der Waals surface area (Å²) in [5, 5.41) is 0. The van der Waals surface area contributed by atoms with E-state index in [1.54, 1.807) is 26.8 Å². The Bertz CT molecular complexity index is 1620. The first kappa shape index (κ1) is 46.9. The Morgan fingerprint density at radius 3 is 1.77 bits per heavy atom. The zero-order chi connectivity index (χ0) is 41.3. The van der Waals surface area contributed by atoms with Gasteiger partial charge in [-0.3, -0.25) is 0 Å². The van der Waals surface area contributed by atoms with Crippen molar-refractivity contribution in [3.05, 3.63) is 89.3 Å². The van der Waals surface area contributed by atoms with Gasteiger partial charge in [-0.15, -0.1) is 0 Å². The van der Waals surface area contributed by atoms with Crippen LogP contribution >= 0.6 is 25.3 Å². The minimum absolute atomic E-state index is 0.0141. The van der Waals surface area contributed by atoms with Crippen LogP contribution in [0.2, 0.25) is 0 Å². The average molecular weight is 811 g/mol. The number of rotatable bonds is 24. The highest BCUT2D eigenvalue weighted by Gasteiger charge is 2.32. The third-order valence-electron chi connectivity index (χ3n) is 10.5. The number of hydrogen-bond donors (Lipinski definition) is 2. The summed E-state index contributed by atoms with van der Waals surface area (Å²) in [6, 6.07) is 9.52. The number of benzene rings is 2. The second-order valence-electron chi connectivity index (χ2n) is 15.6. The van der Waals surface area contributed by atoms with Gasteiger partial charge in [0.05, 0.1) is 25.2 Å². The number of thiol groups is 2. The molecule has 308 valence electrons. The van der Waals surface area contributed by atoms with Crippen molar-refractivity contribution in [1.29, 1.82) is 0 Å². The summed E-state index contributed by atoms with van der Waals surface area (Å²) in [5.74, 6) is 0.590. The Balaban J connectivity index is 2.00. The molecule has 0 spiro atoms. The van der Waals surface area contributed by atoms with Crippen LogP contribution in [0.5, 0.6) is 5.75 Å². The van der Waals surface area contributed by atoms with E-state index in [0.29, 0.717) is 71.1 Å². The lowest BCUT2D eigenvalue weighted by molar-refractivity contribution is -0.142. The molecule has 0 N–H and O–H groups in total. The third-order valence-corrected chi connectivity index (χ3v) is 11.8. The monoisotopic (exact) mass is 810 g/mol. The molecule has 0 unspecified atom stereocenters. The molecule has 0 heterocycles. The minimum Gasteiger partial charge on any atom is -0.492 e. The molecule has 2 aromatic rings. The van der Waals surface area contributed by atoms with Crippen LogP contribution in [0.3, 0.4) is 0 Å². The van der Waals surface area contributed by atoms with Crippen molar-refractivity contribution in [1.82, 2.24) is 0 Å². The summed E-state index contributed by atoms with van der Waals surface area (Å²) in [6.07, 6.45) is 11.5. The Morgan fingerprint density at radius 2 is 1.29 bits per heavy atom. The highest BCUT2D eigenvalue weighted by Crippen LogP contribution is 2.40. The molecular formula is C46H63FO7S2. The first-order valence-corrected chi connectivity index (χ1v) is 21.3. The van der Waals surface area contributed by atoms with E-state index in [-0.39, 0.29) is 37.8 Å². The predicted octanol–water partition coefficient (Wildman–Crippen LogP) is 10.8. The van der Waals surface area contributed by atoms with E-state index in [1.165, 1.54) is 38.5 Å². The van der Waals surface area contributed by atoms with Gasteiger partial charge in [0.25, 0.3) is 0 Å².